The molecule has 0 unspecified atom stereocenters. The molecular weight excluding hydrogens is 296 g/mol. The lowest BCUT2D eigenvalue weighted by atomic mass is 9.93. The maximum absolute atomic E-state index is 13.1. The van der Waals surface area contributed by atoms with Crippen molar-refractivity contribution in [2.75, 3.05) is 13.1 Å². The average Bonchev–Trinajstić information content (AvgIpc) is 3.02. The number of hydrogen-bond acceptors (Lipinski definition) is 3. The number of aliphatic carboxylic acids is 1. The van der Waals surface area contributed by atoms with Crippen LogP contribution in [0.4, 0.5) is 0 Å². The van der Waals surface area contributed by atoms with Crippen LogP contribution in [0.15, 0.2) is 0 Å². The van der Waals surface area contributed by atoms with Gasteiger partial charge in [0.15, 0.2) is 0 Å². The van der Waals surface area contributed by atoms with E-state index in [0.29, 0.717) is 32.4 Å². The molecule has 2 heterocycles. The van der Waals surface area contributed by atoms with Crippen LogP contribution in [-0.2, 0) is 14.4 Å². The summed E-state index contributed by atoms with van der Waals surface area (Å²) in [6.45, 7) is 8.60. The van der Waals surface area contributed by atoms with E-state index in [9.17, 15) is 19.5 Å². The summed E-state index contributed by atoms with van der Waals surface area (Å²) in [7, 11) is 0. The third-order valence-electron chi connectivity index (χ3n) is 5.03. The van der Waals surface area contributed by atoms with Crippen LogP contribution in [0.3, 0.4) is 0 Å². The van der Waals surface area contributed by atoms with E-state index in [0.717, 1.165) is 6.42 Å². The summed E-state index contributed by atoms with van der Waals surface area (Å²) < 4.78 is 0. The lowest BCUT2D eigenvalue weighted by molar-refractivity contribution is -0.154. The molecule has 6 heteroatoms. The minimum atomic E-state index is -0.955. The van der Waals surface area contributed by atoms with Gasteiger partial charge in [0.1, 0.15) is 11.6 Å². The highest BCUT2D eigenvalue weighted by molar-refractivity contribution is 5.96. The Morgan fingerprint density at radius 2 is 1.83 bits per heavy atom. The van der Waals surface area contributed by atoms with E-state index in [1.807, 2.05) is 27.7 Å². The monoisotopic (exact) mass is 324 g/mol. The molecule has 0 aliphatic carbocycles. The Hall–Kier alpha value is -1.59. The van der Waals surface area contributed by atoms with Gasteiger partial charge in [-0.1, -0.05) is 27.7 Å². The van der Waals surface area contributed by atoms with Crippen molar-refractivity contribution < 1.29 is 19.5 Å². The minimum absolute atomic E-state index is 0.00608. The lowest BCUT2D eigenvalue weighted by Gasteiger charge is -2.35. The van der Waals surface area contributed by atoms with Crippen LogP contribution in [0.2, 0.25) is 0 Å². The van der Waals surface area contributed by atoms with Crippen molar-refractivity contribution in [3.8, 4) is 0 Å². The number of carboxylic acid groups (broad SMARTS) is 1. The molecule has 0 aromatic heterocycles. The van der Waals surface area contributed by atoms with E-state index < -0.39 is 17.6 Å². The standard InChI is InChI=1S/C17H28N2O4/c1-11(2)10-13(15(21)22)18-9-7-17(16(18)23)6-5-8-19(17)14(20)12(3)4/h11-13H,5-10H2,1-4H3,(H,21,22)/t13-,17+/m0/s1. The number of hydrogen-bond donors (Lipinski definition) is 1. The van der Waals surface area contributed by atoms with Gasteiger partial charge < -0.3 is 14.9 Å². The van der Waals surface area contributed by atoms with E-state index in [-0.39, 0.29) is 23.7 Å². The fourth-order valence-electron chi connectivity index (χ4n) is 3.88. The number of nitrogens with zero attached hydrogens (tertiary/aromatic N) is 2. The topological polar surface area (TPSA) is 77.9 Å². The summed E-state index contributed by atoms with van der Waals surface area (Å²) in [5, 5.41) is 9.52. The maximum atomic E-state index is 13.1. The van der Waals surface area contributed by atoms with E-state index in [1.54, 1.807) is 4.90 Å². The Balaban J connectivity index is 2.26. The average molecular weight is 324 g/mol. The molecule has 130 valence electrons. The van der Waals surface area contributed by atoms with Crippen LogP contribution in [0.1, 0.15) is 53.4 Å². The first-order valence-corrected chi connectivity index (χ1v) is 8.56. The molecule has 2 aliphatic heterocycles. The Kier molecular flexibility index (Phi) is 5.01. The van der Waals surface area contributed by atoms with Gasteiger partial charge in [0.05, 0.1) is 0 Å². The molecule has 0 radical (unpaired) electrons. The Labute approximate surface area is 137 Å². The van der Waals surface area contributed by atoms with Crippen molar-refractivity contribution in [1.29, 1.82) is 0 Å². The first kappa shape index (κ1) is 17.8. The number of rotatable bonds is 5. The van der Waals surface area contributed by atoms with Crippen LogP contribution in [0.25, 0.3) is 0 Å². The van der Waals surface area contributed by atoms with Crippen LogP contribution < -0.4 is 0 Å². The fourth-order valence-corrected chi connectivity index (χ4v) is 3.88. The summed E-state index contributed by atoms with van der Waals surface area (Å²) in [4.78, 5) is 40.4. The highest BCUT2D eigenvalue weighted by Gasteiger charge is 2.56. The fraction of sp³-hybridized carbons (Fsp3) is 0.824. The van der Waals surface area contributed by atoms with E-state index >= 15 is 0 Å². The zero-order valence-corrected chi connectivity index (χ0v) is 14.5. The number of carbonyl (C=O) groups is 3. The minimum Gasteiger partial charge on any atom is -0.480 e. The molecule has 2 rings (SSSR count). The molecule has 0 bridgehead atoms. The number of carboxylic acids is 1. The van der Waals surface area contributed by atoms with Gasteiger partial charge in [-0.2, -0.15) is 0 Å². The van der Waals surface area contributed by atoms with Gasteiger partial charge in [-0.25, -0.2) is 4.79 Å². The summed E-state index contributed by atoms with van der Waals surface area (Å²) >= 11 is 0. The van der Waals surface area contributed by atoms with Gasteiger partial charge in [-0.15, -0.1) is 0 Å². The molecular formula is C17H28N2O4. The summed E-state index contributed by atoms with van der Waals surface area (Å²) in [6, 6.07) is -0.793. The second kappa shape index (κ2) is 6.49. The van der Waals surface area contributed by atoms with Crippen molar-refractivity contribution in [2.24, 2.45) is 11.8 Å². The normalized spacial score (nSPS) is 25.9. The predicted molar refractivity (Wildman–Crippen MR) is 85.7 cm³/mol. The van der Waals surface area contributed by atoms with Crippen molar-refractivity contribution in [3.63, 3.8) is 0 Å². The van der Waals surface area contributed by atoms with E-state index in [4.69, 9.17) is 0 Å². The molecule has 2 amide bonds. The predicted octanol–water partition coefficient (Wildman–Crippen LogP) is 1.74. The van der Waals surface area contributed by atoms with Crippen LogP contribution in [-0.4, -0.2) is 57.4 Å². The number of likely N-dealkylation sites (tertiary alicyclic amines) is 2. The summed E-state index contributed by atoms with van der Waals surface area (Å²) in [6.07, 6.45) is 2.44. The highest BCUT2D eigenvalue weighted by Crippen LogP contribution is 2.40. The second-order valence-electron chi connectivity index (χ2n) is 7.51. The van der Waals surface area contributed by atoms with Crippen molar-refractivity contribution in [2.45, 2.75) is 65.0 Å². The molecule has 6 nitrogen and oxygen atoms in total. The molecule has 23 heavy (non-hydrogen) atoms. The Morgan fingerprint density at radius 3 is 2.35 bits per heavy atom. The van der Waals surface area contributed by atoms with Gasteiger partial charge >= 0.3 is 5.97 Å². The molecule has 1 spiro atoms. The van der Waals surface area contributed by atoms with Gasteiger partial charge in [0.2, 0.25) is 11.8 Å². The largest absolute Gasteiger partial charge is 0.480 e. The molecule has 2 fully saturated rings. The van der Waals surface area contributed by atoms with Crippen molar-refractivity contribution in [3.05, 3.63) is 0 Å². The van der Waals surface area contributed by atoms with Crippen molar-refractivity contribution in [1.82, 2.24) is 9.80 Å². The zero-order chi connectivity index (χ0) is 17.4. The molecule has 0 aromatic carbocycles. The van der Waals surface area contributed by atoms with Gasteiger partial charge in [0.25, 0.3) is 0 Å². The lowest BCUT2D eigenvalue weighted by Crippen LogP contribution is -2.55. The summed E-state index contributed by atoms with van der Waals surface area (Å²) in [5.74, 6) is -1.09. The molecule has 0 aromatic rings. The summed E-state index contributed by atoms with van der Waals surface area (Å²) in [5.41, 5.74) is -0.800. The quantitative estimate of drug-likeness (QED) is 0.835. The molecule has 2 aliphatic rings. The van der Waals surface area contributed by atoms with Crippen molar-refractivity contribution >= 4 is 17.8 Å². The third-order valence-corrected chi connectivity index (χ3v) is 5.03. The Morgan fingerprint density at radius 1 is 1.17 bits per heavy atom. The second-order valence-corrected chi connectivity index (χ2v) is 7.51. The van der Waals surface area contributed by atoms with Gasteiger partial charge in [0, 0.05) is 19.0 Å². The Bertz CT molecular complexity index is 503. The smallest absolute Gasteiger partial charge is 0.326 e. The van der Waals surface area contributed by atoms with Crippen LogP contribution >= 0.6 is 0 Å². The zero-order valence-electron chi connectivity index (χ0n) is 14.5. The first-order valence-electron chi connectivity index (χ1n) is 8.56. The van der Waals surface area contributed by atoms with Crippen LogP contribution in [0, 0.1) is 11.8 Å². The van der Waals surface area contributed by atoms with Crippen LogP contribution in [0.5, 0.6) is 0 Å². The van der Waals surface area contributed by atoms with E-state index in [2.05, 4.69) is 0 Å². The third kappa shape index (κ3) is 3.08. The maximum Gasteiger partial charge on any atom is 0.326 e. The SMILES string of the molecule is CC(C)C[C@@H](C(=O)O)N1CC[C@]2(CCCN2C(=O)C(C)C)C1=O. The molecule has 1 N–H and O–H groups in total. The molecule has 0 saturated carbocycles. The number of carbonyl (C=O) groups excluding carboxylic acids is 2. The first-order chi connectivity index (χ1) is 10.7. The highest BCUT2D eigenvalue weighted by atomic mass is 16.4. The molecule has 2 atom stereocenters. The van der Waals surface area contributed by atoms with Gasteiger partial charge in [-0.05, 0) is 31.6 Å². The number of amides is 2. The van der Waals surface area contributed by atoms with Gasteiger partial charge in [-0.3, -0.25) is 9.59 Å². The molecule has 2 saturated heterocycles. The van der Waals surface area contributed by atoms with E-state index in [1.165, 1.54) is 4.90 Å².